The van der Waals surface area contributed by atoms with Gasteiger partial charge in [-0.25, -0.2) is 4.68 Å². The summed E-state index contributed by atoms with van der Waals surface area (Å²) in [6.45, 7) is 5.91. The molecule has 2 aromatic carbocycles. The van der Waals surface area contributed by atoms with Crippen LogP contribution in [0.15, 0.2) is 48.5 Å². The maximum Gasteiger partial charge on any atom is 0.265 e. The molecule has 4 aromatic rings. The molecule has 4 rings (SSSR count). The molecular weight excluding hydrogens is 378 g/mol. The minimum atomic E-state index is -0.142. The number of thiophene rings is 1. The fraction of sp³-hybridized carbons (Fsp3) is 0.143. The lowest BCUT2D eigenvalue weighted by Crippen LogP contribution is -2.11. The number of carbonyl (C=O) groups is 1. The molecule has 1 N–H and O–H groups in total. The van der Waals surface area contributed by atoms with E-state index in [2.05, 4.69) is 29.5 Å². The third kappa shape index (κ3) is 3.24. The predicted molar refractivity (Wildman–Crippen MR) is 113 cm³/mol. The number of nitrogens with one attached hydrogen (secondary N) is 1. The van der Waals surface area contributed by atoms with Gasteiger partial charge in [0, 0.05) is 16.1 Å². The van der Waals surface area contributed by atoms with Gasteiger partial charge in [-0.05, 0) is 56.7 Å². The van der Waals surface area contributed by atoms with Crippen molar-refractivity contribution >= 4 is 44.7 Å². The predicted octanol–water partition coefficient (Wildman–Crippen LogP) is 5.92. The Morgan fingerprint density at radius 2 is 1.85 bits per heavy atom. The number of fused-ring (bicyclic) bond motifs is 1. The van der Waals surface area contributed by atoms with E-state index in [1.165, 1.54) is 16.9 Å². The number of benzene rings is 2. The van der Waals surface area contributed by atoms with Crippen LogP contribution >= 0.6 is 22.9 Å². The first kappa shape index (κ1) is 17.8. The number of anilines is 1. The second kappa shape index (κ2) is 6.83. The van der Waals surface area contributed by atoms with Crippen LogP contribution in [0.4, 0.5) is 5.69 Å². The zero-order chi connectivity index (χ0) is 19.1. The van der Waals surface area contributed by atoms with Gasteiger partial charge in [0.2, 0.25) is 0 Å². The first-order valence-corrected chi connectivity index (χ1v) is 9.76. The molecule has 136 valence electrons. The van der Waals surface area contributed by atoms with Crippen molar-refractivity contribution in [2.45, 2.75) is 20.8 Å². The summed E-state index contributed by atoms with van der Waals surface area (Å²) in [7, 11) is 0. The highest BCUT2D eigenvalue weighted by atomic mass is 35.5. The molecule has 27 heavy (non-hydrogen) atoms. The highest BCUT2D eigenvalue weighted by molar-refractivity contribution is 7.20. The molecule has 0 saturated heterocycles. The van der Waals surface area contributed by atoms with Crippen LogP contribution in [-0.4, -0.2) is 15.7 Å². The summed E-state index contributed by atoms with van der Waals surface area (Å²) >= 11 is 7.59. The number of aryl methyl sites for hydroxylation is 2. The maximum atomic E-state index is 12.8. The van der Waals surface area contributed by atoms with Crippen LogP contribution < -0.4 is 5.32 Å². The zero-order valence-electron chi connectivity index (χ0n) is 15.2. The van der Waals surface area contributed by atoms with Gasteiger partial charge >= 0.3 is 0 Å². The molecule has 0 spiro atoms. The molecule has 2 heterocycles. The summed E-state index contributed by atoms with van der Waals surface area (Å²) in [5, 5.41) is 9.23. The van der Waals surface area contributed by atoms with E-state index >= 15 is 0 Å². The summed E-state index contributed by atoms with van der Waals surface area (Å²) in [6, 6.07) is 15.6. The van der Waals surface area contributed by atoms with Crippen molar-refractivity contribution in [3.63, 3.8) is 0 Å². The third-order valence-corrected chi connectivity index (χ3v) is 6.08. The van der Waals surface area contributed by atoms with Gasteiger partial charge < -0.3 is 5.32 Å². The van der Waals surface area contributed by atoms with Crippen molar-refractivity contribution < 1.29 is 4.79 Å². The molecule has 0 aliphatic carbocycles. The van der Waals surface area contributed by atoms with Crippen LogP contribution in [0.3, 0.4) is 0 Å². The van der Waals surface area contributed by atoms with E-state index in [9.17, 15) is 4.79 Å². The van der Waals surface area contributed by atoms with Gasteiger partial charge in [0.1, 0.15) is 4.83 Å². The van der Waals surface area contributed by atoms with Gasteiger partial charge in [0.05, 0.1) is 16.3 Å². The molecule has 0 unspecified atom stereocenters. The van der Waals surface area contributed by atoms with Crippen LogP contribution in [-0.2, 0) is 0 Å². The minimum absolute atomic E-state index is 0.142. The average molecular weight is 396 g/mol. The maximum absolute atomic E-state index is 12.8. The van der Waals surface area contributed by atoms with E-state index in [1.807, 2.05) is 54.9 Å². The van der Waals surface area contributed by atoms with Gasteiger partial charge in [0.25, 0.3) is 5.91 Å². The Morgan fingerprint density at radius 3 is 2.59 bits per heavy atom. The fourth-order valence-electron chi connectivity index (χ4n) is 2.95. The van der Waals surface area contributed by atoms with Crippen LogP contribution in [0, 0.1) is 20.8 Å². The molecule has 4 nitrogen and oxygen atoms in total. The van der Waals surface area contributed by atoms with Gasteiger partial charge in [-0.3, -0.25) is 4.79 Å². The first-order valence-electron chi connectivity index (χ1n) is 8.56. The van der Waals surface area contributed by atoms with Crippen molar-refractivity contribution in [3.8, 4) is 5.69 Å². The summed E-state index contributed by atoms with van der Waals surface area (Å²) in [4.78, 5) is 14.4. The van der Waals surface area contributed by atoms with Crippen LogP contribution in [0.2, 0.25) is 5.02 Å². The van der Waals surface area contributed by atoms with Gasteiger partial charge in [-0.15, -0.1) is 11.3 Å². The summed E-state index contributed by atoms with van der Waals surface area (Å²) < 4.78 is 1.90. The number of amides is 1. The Bertz CT molecular complexity index is 1160. The summed E-state index contributed by atoms with van der Waals surface area (Å²) in [5.41, 5.74) is 4.66. The van der Waals surface area contributed by atoms with Crippen LogP contribution in [0.1, 0.15) is 26.5 Å². The molecule has 0 fully saturated rings. The number of halogens is 1. The van der Waals surface area contributed by atoms with Crippen LogP contribution in [0.25, 0.3) is 15.9 Å². The van der Waals surface area contributed by atoms with Crippen molar-refractivity contribution in [2.75, 3.05) is 5.32 Å². The van der Waals surface area contributed by atoms with Gasteiger partial charge in [0.15, 0.2) is 0 Å². The van der Waals surface area contributed by atoms with E-state index in [1.54, 1.807) is 0 Å². The minimum Gasteiger partial charge on any atom is -0.321 e. The molecule has 6 heteroatoms. The molecule has 0 aliphatic heterocycles. The first-order chi connectivity index (χ1) is 12.9. The normalized spacial score (nSPS) is 11.1. The third-order valence-electron chi connectivity index (χ3n) is 4.56. The SMILES string of the molecule is Cc1ccc(-n2nc(C)c3cc(C(=O)Nc4cccc(Cl)c4C)sc32)cc1. The summed E-state index contributed by atoms with van der Waals surface area (Å²) in [6.07, 6.45) is 0. The Morgan fingerprint density at radius 1 is 1.11 bits per heavy atom. The molecule has 0 saturated carbocycles. The number of carbonyl (C=O) groups excluding carboxylic acids is 1. The fourth-order valence-corrected chi connectivity index (χ4v) is 4.20. The lowest BCUT2D eigenvalue weighted by molar-refractivity contribution is 0.103. The zero-order valence-corrected chi connectivity index (χ0v) is 16.8. The van der Waals surface area contributed by atoms with Gasteiger partial charge in [-0.2, -0.15) is 5.10 Å². The van der Waals surface area contributed by atoms with Crippen molar-refractivity contribution in [2.24, 2.45) is 0 Å². The number of nitrogens with zero attached hydrogens (tertiary/aromatic N) is 2. The molecule has 1 amide bonds. The largest absolute Gasteiger partial charge is 0.321 e. The Balaban J connectivity index is 1.71. The number of hydrogen-bond acceptors (Lipinski definition) is 3. The highest BCUT2D eigenvalue weighted by Crippen LogP contribution is 2.31. The standard InChI is InChI=1S/C21H18ClN3OS/c1-12-7-9-15(10-8-12)25-21-16(14(3)24-25)11-19(27-21)20(26)23-18-6-4-5-17(22)13(18)2/h4-11H,1-3H3,(H,23,26). The van der Waals surface area contributed by atoms with Crippen molar-refractivity contribution in [1.82, 2.24) is 9.78 Å². The molecular formula is C21H18ClN3OS. The lowest BCUT2D eigenvalue weighted by atomic mass is 10.2. The molecule has 0 radical (unpaired) electrons. The second-order valence-electron chi connectivity index (χ2n) is 6.53. The second-order valence-corrected chi connectivity index (χ2v) is 7.97. The molecule has 2 aromatic heterocycles. The lowest BCUT2D eigenvalue weighted by Gasteiger charge is -2.08. The van der Waals surface area contributed by atoms with Gasteiger partial charge in [-0.1, -0.05) is 35.4 Å². The summed E-state index contributed by atoms with van der Waals surface area (Å²) in [5.74, 6) is -0.142. The Labute approximate surface area is 166 Å². The Hall–Kier alpha value is -2.63. The topological polar surface area (TPSA) is 46.9 Å². The molecule has 0 atom stereocenters. The highest BCUT2D eigenvalue weighted by Gasteiger charge is 2.18. The monoisotopic (exact) mass is 395 g/mol. The van der Waals surface area contributed by atoms with Crippen molar-refractivity contribution in [1.29, 1.82) is 0 Å². The van der Waals surface area contributed by atoms with E-state index in [4.69, 9.17) is 11.6 Å². The average Bonchev–Trinajstić information content (AvgIpc) is 3.21. The van der Waals surface area contributed by atoms with E-state index in [-0.39, 0.29) is 5.91 Å². The van der Waals surface area contributed by atoms with E-state index in [0.717, 1.165) is 32.8 Å². The number of rotatable bonds is 3. The Kier molecular flexibility index (Phi) is 4.50. The molecule has 0 aliphatic rings. The van der Waals surface area contributed by atoms with Crippen molar-refractivity contribution in [3.05, 3.63) is 75.3 Å². The number of aromatic nitrogens is 2. The quantitative estimate of drug-likeness (QED) is 0.468. The van der Waals surface area contributed by atoms with E-state index < -0.39 is 0 Å². The van der Waals surface area contributed by atoms with Crippen LogP contribution in [0.5, 0.6) is 0 Å². The van der Waals surface area contributed by atoms with E-state index in [0.29, 0.717) is 9.90 Å². The number of hydrogen-bond donors (Lipinski definition) is 1. The molecule has 0 bridgehead atoms. The smallest absolute Gasteiger partial charge is 0.265 e.